The zero-order chi connectivity index (χ0) is 39.7. The van der Waals surface area contributed by atoms with Crippen molar-refractivity contribution in [2.75, 3.05) is 21.3 Å². The molecule has 0 fully saturated rings. The van der Waals surface area contributed by atoms with E-state index in [0.717, 1.165) is 106 Å². The first-order valence-corrected chi connectivity index (χ1v) is 20.6. The molecule has 0 aliphatic heterocycles. The molecule has 0 amide bonds. The average Bonchev–Trinajstić information content (AvgIpc) is 3.24. The Kier molecular flexibility index (Phi) is 15.6. The highest BCUT2D eigenvalue weighted by Gasteiger charge is 2.22. The van der Waals surface area contributed by atoms with Crippen LogP contribution in [0.25, 0.3) is 11.1 Å². The Hall–Kier alpha value is -5.54. The van der Waals surface area contributed by atoms with Crippen molar-refractivity contribution in [3.8, 4) is 57.5 Å². The molecule has 5 aromatic carbocycles. The van der Waals surface area contributed by atoms with Crippen molar-refractivity contribution in [3.63, 3.8) is 0 Å². The Morgan fingerprint density at radius 3 is 1.40 bits per heavy atom. The maximum Gasteiger partial charge on any atom is 0.131 e. The van der Waals surface area contributed by atoms with E-state index < -0.39 is 0 Å². The molecule has 0 spiro atoms. The Morgan fingerprint density at radius 1 is 0.439 bits per heavy atom. The third kappa shape index (κ3) is 12.2. The van der Waals surface area contributed by atoms with Gasteiger partial charge in [0.15, 0.2) is 0 Å². The van der Waals surface area contributed by atoms with Crippen LogP contribution in [0, 0.1) is 18.8 Å². The summed E-state index contributed by atoms with van der Waals surface area (Å²) in [4.78, 5) is 0. The normalized spacial score (nSPS) is 13.7. The zero-order valence-electron chi connectivity index (χ0n) is 34.3. The summed E-state index contributed by atoms with van der Waals surface area (Å²) in [6, 6.07) is 33.0. The van der Waals surface area contributed by atoms with E-state index in [1.807, 2.05) is 48.5 Å². The molecule has 0 N–H and O–H groups in total. The van der Waals surface area contributed by atoms with Crippen LogP contribution in [-0.4, -0.2) is 21.3 Å². The minimum atomic E-state index is 0.408. The second-order valence-electron chi connectivity index (χ2n) is 14.8. The van der Waals surface area contributed by atoms with Gasteiger partial charge in [-0.2, -0.15) is 0 Å². The molecule has 6 nitrogen and oxygen atoms in total. The van der Waals surface area contributed by atoms with Crippen molar-refractivity contribution in [1.82, 2.24) is 0 Å². The van der Waals surface area contributed by atoms with Crippen LogP contribution in [-0.2, 0) is 32.7 Å². The molecule has 0 saturated heterocycles. The van der Waals surface area contributed by atoms with Gasteiger partial charge in [-0.3, -0.25) is 0 Å². The number of rotatable bonds is 12. The summed E-state index contributed by atoms with van der Waals surface area (Å²) >= 11 is 0. The summed E-state index contributed by atoms with van der Waals surface area (Å²) < 4.78 is 36.5. The molecule has 2 bridgehead atoms. The van der Waals surface area contributed by atoms with Gasteiger partial charge in [-0.15, -0.1) is 11.8 Å². The third-order valence-electron chi connectivity index (χ3n) is 10.6. The van der Waals surface area contributed by atoms with Crippen molar-refractivity contribution in [2.45, 2.75) is 104 Å². The number of fused-ring (bicyclic) bond motifs is 14. The molecule has 298 valence electrons. The van der Waals surface area contributed by atoms with Crippen LogP contribution in [0.3, 0.4) is 0 Å². The van der Waals surface area contributed by atoms with Crippen LogP contribution >= 0.6 is 0 Å². The lowest BCUT2D eigenvalue weighted by Crippen LogP contribution is -2.06. The molecule has 6 heteroatoms. The lowest BCUT2D eigenvalue weighted by Gasteiger charge is -2.23. The van der Waals surface area contributed by atoms with Crippen LogP contribution < -0.4 is 28.4 Å². The Labute approximate surface area is 340 Å². The quantitative estimate of drug-likeness (QED) is 0.118. The van der Waals surface area contributed by atoms with Gasteiger partial charge < -0.3 is 28.4 Å². The van der Waals surface area contributed by atoms with Gasteiger partial charge in [-0.25, -0.2) is 0 Å². The number of hydrogen-bond donors (Lipinski definition) is 0. The molecule has 57 heavy (non-hydrogen) atoms. The number of hydrogen-bond acceptors (Lipinski definition) is 6. The molecule has 0 atom stereocenters. The molecule has 5 aromatic rings. The first-order chi connectivity index (χ1) is 28.0. The van der Waals surface area contributed by atoms with Crippen molar-refractivity contribution in [1.29, 1.82) is 0 Å². The highest BCUT2D eigenvalue weighted by Crippen LogP contribution is 2.45. The average molecular weight is 767 g/mol. The maximum absolute atomic E-state index is 6.89. The third-order valence-corrected chi connectivity index (χ3v) is 10.6. The highest BCUT2D eigenvalue weighted by molar-refractivity contribution is 5.83. The van der Waals surface area contributed by atoms with E-state index in [1.165, 1.54) is 49.7 Å². The monoisotopic (exact) mass is 766 g/mol. The molecule has 0 unspecified atom stereocenters. The van der Waals surface area contributed by atoms with E-state index in [1.54, 1.807) is 21.3 Å². The second-order valence-corrected chi connectivity index (χ2v) is 14.8. The smallest absolute Gasteiger partial charge is 0.131 e. The topological polar surface area (TPSA) is 55.4 Å². The van der Waals surface area contributed by atoms with Crippen LogP contribution in [0.5, 0.6) is 34.5 Å². The van der Waals surface area contributed by atoms with Gasteiger partial charge in [0.05, 0.1) is 26.9 Å². The fourth-order valence-electron chi connectivity index (χ4n) is 7.35. The molecule has 2 aliphatic carbocycles. The fourth-order valence-corrected chi connectivity index (χ4v) is 7.35. The van der Waals surface area contributed by atoms with Gasteiger partial charge in [0.1, 0.15) is 54.3 Å². The zero-order valence-corrected chi connectivity index (χ0v) is 34.3. The molecule has 2 aliphatic rings. The lowest BCUT2D eigenvalue weighted by molar-refractivity contribution is 0.291. The van der Waals surface area contributed by atoms with E-state index in [4.69, 9.17) is 28.4 Å². The van der Waals surface area contributed by atoms with Gasteiger partial charge in [0.25, 0.3) is 0 Å². The summed E-state index contributed by atoms with van der Waals surface area (Å²) in [6.45, 7) is 3.44. The molecule has 7 rings (SSSR count). The number of aryl methyl sites for hydroxylation is 3. The number of ether oxygens (including phenoxy) is 6. The molecule has 0 aromatic heterocycles. The van der Waals surface area contributed by atoms with E-state index in [0.29, 0.717) is 19.8 Å². The van der Waals surface area contributed by atoms with E-state index in [9.17, 15) is 0 Å². The minimum Gasteiger partial charge on any atom is -0.497 e. The SMILES string of the molecule is COc1ccc(COc2cc(C)c3c(c2)CCCC#CCCCCCCCCCc2cc(OCc4ccc(OC)cc4)c-3c(OCc3ccc(OC)cc3)c2)cc1. The van der Waals surface area contributed by atoms with Crippen molar-refractivity contribution < 1.29 is 28.4 Å². The first kappa shape index (κ1) is 41.1. The van der Waals surface area contributed by atoms with Gasteiger partial charge in [0.2, 0.25) is 0 Å². The Morgan fingerprint density at radius 2 is 0.895 bits per heavy atom. The van der Waals surface area contributed by atoms with Crippen LogP contribution in [0.1, 0.15) is 97.6 Å². The molecular weight excluding hydrogens is 709 g/mol. The standard InChI is InChI=1S/C51H58O6/c1-38-31-47(55-35-39-19-25-44(52-2)26-20-39)34-43-18-16-14-12-10-8-6-5-7-9-11-13-15-17-42-32-48(56-36-40-21-27-45(53-3)28-22-40)51(50(38)43)49(33-42)57-37-41-23-29-46(54-4)30-24-41/h19-34H,5-9,11,13-18,35-37H2,1-4H3. The predicted octanol–water partition coefficient (Wildman–Crippen LogP) is 12.4. The summed E-state index contributed by atoms with van der Waals surface area (Å²) in [5.74, 6) is 11.9. The molecule has 0 saturated carbocycles. The largest absolute Gasteiger partial charge is 0.497 e. The molecule has 0 radical (unpaired) electrons. The van der Waals surface area contributed by atoms with E-state index >= 15 is 0 Å². The van der Waals surface area contributed by atoms with E-state index in [2.05, 4.69) is 67.3 Å². The summed E-state index contributed by atoms with van der Waals surface area (Å²) in [7, 11) is 5.06. The Balaban J connectivity index is 1.43. The van der Waals surface area contributed by atoms with Gasteiger partial charge in [0, 0.05) is 12.8 Å². The number of benzene rings is 5. The Bertz CT molecular complexity index is 1980. The molecular formula is C51H58O6. The number of methoxy groups -OCH3 is 3. The van der Waals surface area contributed by atoms with Gasteiger partial charge in [-0.05, 0) is 139 Å². The van der Waals surface area contributed by atoms with Crippen molar-refractivity contribution in [2.24, 2.45) is 0 Å². The maximum atomic E-state index is 6.89. The lowest BCUT2D eigenvalue weighted by atomic mass is 9.89. The second kappa shape index (κ2) is 21.7. The fraction of sp³-hybridized carbons (Fsp3) is 0.373. The van der Waals surface area contributed by atoms with Crippen LogP contribution in [0.15, 0.2) is 97.1 Å². The summed E-state index contributed by atoms with van der Waals surface area (Å²) in [6.07, 6.45) is 13.1. The summed E-state index contributed by atoms with van der Waals surface area (Å²) in [5, 5.41) is 0. The highest BCUT2D eigenvalue weighted by atomic mass is 16.5. The van der Waals surface area contributed by atoms with Crippen LogP contribution in [0.4, 0.5) is 0 Å². The predicted molar refractivity (Wildman–Crippen MR) is 230 cm³/mol. The summed E-state index contributed by atoms with van der Waals surface area (Å²) in [5.41, 5.74) is 8.79. The van der Waals surface area contributed by atoms with Crippen molar-refractivity contribution in [3.05, 3.63) is 130 Å². The van der Waals surface area contributed by atoms with E-state index in [-0.39, 0.29) is 0 Å². The van der Waals surface area contributed by atoms with Gasteiger partial charge >= 0.3 is 0 Å². The van der Waals surface area contributed by atoms with Crippen molar-refractivity contribution >= 4 is 0 Å². The minimum absolute atomic E-state index is 0.408. The van der Waals surface area contributed by atoms with Crippen LogP contribution in [0.2, 0.25) is 0 Å². The molecule has 0 heterocycles. The van der Waals surface area contributed by atoms with Gasteiger partial charge in [-0.1, -0.05) is 68.5 Å². The first-order valence-electron chi connectivity index (χ1n) is 20.6.